The summed E-state index contributed by atoms with van der Waals surface area (Å²) in [6.45, 7) is 3.96. The Morgan fingerprint density at radius 2 is 1.85 bits per heavy atom. The maximum atomic E-state index is 12.5. The van der Waals surface area contributed by atoms with Crippen molar-refractivity contribution in [3.8, 4) is 17.1 Å². The largest absolute Gasteiger partial charge is 0.491 e. The minimum Gasteiger partial charge on any atom is -0.491 e. The van der Waals surface area contributed by atoms with E-state index in [1.54, 1.807) is 18.2 Å². The number of aliphatic hydroxyl groups excluding tert-OH is 1. The summed E-state index contributed by atoms with van der Waals surface area (Å²) in [5.41, 5.74) is 7.11. The first-order valence-electron chi connectivity index (χ1n) is 8.65. The summed E-state index contributed by atoms with van der Waals surface area (Å²) in [6.07, 6.45) is -0.775. The highest BCUT2D eigenvalue weighted by Gasteiger charge is 2.19. The van der Waals surface area contributed by atoms with Crippen molar-refractivity contribution in [1.29, 1.82) is 0 Å². The fraction of sp³-hybridized carbons (Fsp3) is 0.286. The Balaban J connectivity index is 1.83. The first-order valence-corrected chi connectivity index (χ1v) is 8.65. The third-order valence-corrected chi connectivity index (χ3v) is 4.39. The van der Waals surface area contributed by atoms with Gasteiger partial charge >= 0.3 is 0 Å². The Bertz CT molecular complexity index is 934. The molecule has 3 rings (SSSR count). The summed E-state index contributed by atoms with van der Waals surface area (Å²) < 4.78 is 11.5. The van der Waals surface area contributed by atoms with Crippen molar-refractivity contribution in [3.05, 3.63) is 64.8 Å². The molecule has 0 bridgehead atoms. The molecule has 2 unspecified atom stereocenters. The molecule has 0 radical (unpaired) electrons. The average molecular weight is 353 g/mol. The van der Waals surface area contributed by atoms with E-state index in [-0.39, 0.29) is 24.0 Å². The molecule has 26 heavy (non-hydrogen) atoms. The van der Waals surface area contributed by atoms with Crippen LogP contribution in [0.4, 0.5) is 0 Å². The van der Waals surface area contributed by atoms with Crippen LogP contribution >= 0.6 is 0 Å². The van der Waals surface area contributed by atoms with Crippen LogP contribution in [0.2, 0.25) is 0 Å². The Morgan fingerprint density at radius 3 is 2.54 bits per heavy atom. The molecule has 2 aromatic carbocycles. The lowest BCUT2D eigenvalue weighted by Gasteiger charge is -2.22. The summed E-state index contributed by atoms with van der Waals surface area (Å²) in [7, 11) is 0. The van der Waals surface area contributed by atoms with Crippen LogP contribution in [0.15, 0.2) is 63.8 Å². The maximum absolute atomic E-state index is 12.5. The lowest BCUT2D eigenvalue weighted by molar-refractivity contribution is 0.0716. The fourth-order valence-electron chi connectivity index (χ4n) is 2.71. The molecule has 3 aromatic rings. The van der Waals surface area contributed by atoms with Crippen LogP contribution in [0.25, 0.3) is 22.3 Å². The molecule has 3 N–H and O–H groups in total. The number of rotatable bonds is 6. The van der Waals surface area contributed by atoms with Crippen molar-refractivity contribution >= 4 is 11.0 Å². The quantitative estimate of drug-likeness (QED) is 0.711. The molecular weight excluding hydrogens is 330 g/mol. The highest BCUT2D eigenvalue weighted by atomic mass is 16.5. The van der Waals surface area contributed by atoms with Gasteiger partial charge in [0.25, 0.3) is 0 Å². The van der Waals surface area contributed by atoms with Crippen molar-refractivity contribution in [2.45, 2.75) is 26.0 Å². The van der Waals surface area contributed by atoms with Gasteiger partial charge in [0, 0.05) is 17.7 Å². The summed E-state index contributed by atoms with van der Waals surface area (Å²) in [5, 5.41) is 10.5. The van der Waals surface area contributed by atoms with Gasteiger partial charge in [-0.15, -0.1) is 0 Å². The topological polar surface area (TPSA) is 85.7 Å². The smallest absolute Gasteiger partial charge is 0.193 e. The molecule has 1 heterocycles. The van der Waals surface area contributed by atoms with Crippen LogP contribution in [0.3, 0.4) is 0 Å². The third kappa shape index (κ3) is 3.95. The van der Waals surface area contributed by atoms with Gasteiger partial charge in [-0.25, -0.2) is 0 Å². The Morgan fingerprint density at radius 1 is 1.12 bits per heavy atom. The van der Waals surface area contributed by atoms with Gasteiger partial charge in [-0.2, -0.15) is 0 Å². The minimum atomic E-state index is -0.775. The second-order valence-corrected chi connectivity index (χ2v) is 6.70. The fourth-order valence-corrected chi connectivity index (χ4v) is 2.71. The molecule has 0 aliphatic carbocycles. The Hall–Kier alpha value is -2.63. The zero-order chi connectivity index (χ0) is 18.7. The van der Waals surface area contributed by atoms with Crippen molar-refractivity contribution in [2.24, 2.45) is 11.7 Å². The molecule has 0 spiro atoms. The van der Waals surface area contributed by atoms with Crippen molar-refractivity contribution in [2.75, 3.05) is 6.61 Å². The third-order valence-electron chi connectivity index (χ3n) is 4.39. The second kappa shape index (κ2) is 7.72. The number of nitrogens with two attached hydrogens (primary N) is 1. The highest BCUT2D eigenvalue weighted by molar-refractivity contribution is 5.80. The first-order chi connectivity index (χ1) is 12.5. The molecule has 0 aliphatic heterocycles. The molecule has 0 fully saturated rings. The van der Waals surface area contributed by atoms with E-state index < -0.39 is 6.10 Å². The van der Waals surface area contributed by atoms with E-state index in [0.717, 1.165) is 5.56 Å². The van der Waals surface area contributed by atoms with Crippen LogP contribution in [-0.4, -0.2) is 23.9 Å². The molecule has 0 aliphatic rings. The van der Waals surface area contributed by atoms with Gasteiger partial charge in [0.15, 0.2) is 5.43 Å². The average Bonchev–Trinajstić information content (AvgIpc) is 2.66. The van der Waals surface area contributed by atoms with E-state index in [2.05, 4.69) is 0 Å². The zero-order valence-corrected chi connectivity index (χ0v) is 14.9. The summed E-state index contributed by atoms with van der Waals surface area (Å²) in [6, 6.07) is 15.6. The van der Waals surface area contributed by atoms with Gasteiger partial charge in [-0.1, -0.05) is 44.2 Å². The zero-order valence-electron chi connectivity index (χ0n) is 14.9. The van der Waals surface area contributed by atoms with Crippen LogP contribution in [0.1, 0.15) is 13.8 Å². The minimum absolute atomic E-state index is 0.0677. The summed E-state index contributed by atoms with van der Waals surface area (Å²) in [5.74, 6) is 1.16. The number of hydrogen-bond acceptors (Lipinski definition) is 5. The van der Waals surface area contributed by atoms with E-state index in [4.69, 9.17) is 14.9 Å². The molecule has 2 atom stereocenters. The van der Waals surface area contributed by atoms with Crippen LogP contribution in [0, 0.1) is 5.92 Å². The Labute approximate surface area is 152 Å². The molecule has 0 amide bonds. The molecule has 1 aromatic heterocycles. The lowest BCUT2D eigenvalue weighted by Crippen LogP contribution is -2.42. The maximum Gasteiger partial charge on any atom is 0.193 e. The first kappa shape index (κ1) is 18.2. The predicted molar refractivity (Wildman–Crippen MR) is 102 cm³/mol. The highest BCUT2D eigenvalue weighted by Crippen LogP contribution is 2.24. The number of benzene rings is 2. The van der Waals surface area contributed by atoms with Crippen molar-refractivity contribution in [3.63, 3.8) is 0 Å². The van der Waals surface area contributed by atoms with E-state index in [1.807, 2.05) is 44.2 Å². The molecular formula is C21H23NO4. The standard InChI is InChI=1S/C21H23NO4/c1-13(2)21(22)18(24)12-25-15-8-9-19-16(10-15)17(23)11-20(26-19)14-6-4-3-5-7-14/h3-11,13,18,21,24H,12,22H2,1-2H3. The van der Waals surface area contributed by atoms with E-state index >= 15 is 0 Å². The SMILES string of the molecule is CC(C)C(N)C(O)COc1ccc2oc(-c3ccccc3)cc(=O)c2c1. The normalized spacial score (nSPS) is 13.7. The molecule has 136 valence electrons. The number of aliphatic hydroxyl groups is 1. The van der Waals surface area contributed by atoms with Gasteiger partial charge < -0.3 is 20.0 Å². The predicted octanol–water partition coefficient (Wildman–Crippen LogP) is 3.18. The van der Waals surface area contributed by atoms with Crippen molar-refractivity contribution < 1.29 is 14.3 Å². The molecule has 5 heteroatoms. The van der Waals surface area contributed by atoms with E-state index in [9.17, 15) is 9.90 Å². The van der Waals surface area contributed by atoms with Crippen LogP contribution in [0.5, 0.6) is 5.75 Å². The second-order valence-electron chi connectivity index (χ2n) is 6.70. The van der Waals surface area contributed by atoms with Crippen molar-refractivity contribution in [1.82, 2.24) is 0 Å². The van der Waals surface area contributed by atoms with Gasteiger partial charge in [0.1, 0.15) is 29.8 Å². The molecule has 5 nitrogen and oxygen atoms in total. The van der Waals surface area contributed by atoms with Crippen LogP contribution < -0.4 is 15.9 Å². The van der Waals surface area contributed by atoms with Gasteiger partial charge in [0.05, 0.1) is 5.39 Å². The van der Waals surface area contributed by atoms with Crippen LogP contribution in [-0.2, 0) is 0 Å². The summed E-state index contributed by atoms with van der Waals surface area (Å²) in [4.78, 5) is 12.5. The van der Waals surface area contributed by atoms with E-state index in [1.165, 1.54) is 6.07 Å². The molecule has 0 saturated heterocycles. The monoisotopic (exact) mass is 353 g/mol. The van der Waals surface area contributed by atoms with Gasteiger partial charge in [0.2, 0.25) is 0 Å². The number of fused-ring (bicyclic) bond motifs is 1. The molecule has 0 saturated carbocycles. The number of ether oxygens (including phenoxy) is 1. The lowest BCUT2D eigenvalue weighted by atomic mass is 10.0. The van der Waals surface area contributed by atoms with Gasteiger partial charge in [-0.3, -0.25) is 4.79 Å². The Kier molecular flexibility index (Phi) is 5.40. The van der Waals surface area contributed by atoms with E-state index in [0.29, 0.717) is 22.5 Å². The number of hydrogen-bond donors (Lipinski definition) is 2. The summed E-state index contributed by atoms with van der Waals surface area (Å²) >= 11 is 0. The van der Waals surface area contributed by atoms with Gasteiger partial charge in [-0.05, 0) is 24.1 Å².